The number of rotatable bonds is 3. The smallest absolute Gasteiger partial charge is 0.223 e. The lowest BCUT2D eigenvalue weighted by Gasteiger charge is -2.33. The van der Waals surface area contributed by atoms with Crippen LogP contribution < -0.4 is 5.32 Å². The van der Waals surface area contributed by atoms with Crippen molar-refractivity contribution in [2.45, 2.75) is 32.1 Å². The molecule has 2 unspecified atom stereocenters. The molecule has 5 nitrogen and oxygen atoms in total. The first kappa shape index (κ1) is 13.8. The van der Waals surface area contributed by atoms with Crippen LogP contribution in [0.15, 0.2) is 0 Å². The van der Waals surface area contributed by atoms with Crippen LogP contribution in [-0.4, -0.2) is 44.5 Å². The molecule has 0 bridgehead atoms. The van der Waals surface area contributed by atoms with E-state index in [9.17, 15) is 13.2 Å². The number of amides is 1. The van der Waals surface area contributed by atoms with Gasteiger partial charge in [0.25, 0.3) is 0 Å². The fraction of sp³-hybridized carbons (Fsp3) is 0.917. The highest BCUT2D eigenvalue weighted by molar-refractivity contribution is 7.88. The molecule has 2 fully saturated rings. The first-order valence-corrected chi connectivity index (χ1v) is 8.54. The maximum atomic E-state index is 11.7. The number of piperidine rings is 2. The van der Waals surface area contributed by atoms with Crippen molar-refractivity contribution in [1.29, 1.82) is 0 Å². The molecule has 1 amide bonds. The minimum absolute atomic E-state index is 0.0864. The quantitative estimate of drug-likeness (QED) is 0.818. The Balaban J connectivity index is 1.91. The number of sulfonamides is 1. The third-order valence-electron chi connectivity index (χ3n) is 3.97. The summed E-state index contributed by atoms with van der Waals surface area (Å²) >= 11 is 0. The maximum Gasteiger partial charge on any atom is 0.223 e. The molecule has 2 heterocycles. The Morgan fingerprint density at radius 2 is 2.11 bits per heavy atom. The minimum atomic E-state index is -3.08. The minimum Gasteiger partial charge on any atom is -0.356 e. The van der Waals surface area contributed by atoms with Crippen molar-refractivity contribution in [3.63, 3.8) is 0 Å². The van der Waals surface area contributed by atoms with Gasteiger partial charge in [-0.2, -0.15) is 0 Å². The summed E-state index contributed by atoms with van der Waals surface area (Å²) < 4.78 is 24.6. The van der Waals surface area contributed by atoms with Gasteiger partial charge in [-0.05, 0) is 38.0 Å². The molecular formula is C12H22N2O3S. The normalized spacial score (nSPS) is 31.1. The summed E-state index contributed by atoms with van der Waals surface area (Å²) in [5.41, 5.74) is 0. The lowest BCUT2D eigenvalue weighted by atomic mass is 9.85. The van der Waals surface area contributed by atoms with Crippen LogP contribution in [0.4, 0.5) is 0 Å². The summed E-state index contributed by atoms with van der Waals surface area (Å²) in [6.07, 6.45) is 6.03. The molecule has 0 aromatic rings. The average Bonchev–Trinajstić information content (AvgIpc) is 2.31. The number of nitrogens with one attached hydrogen (secondary N) is 1. The van der Waals surface area contributed by atoms with E-state index in [1.54, 1.807) is 4.31 Å². The van der Waals surface area contributed by atoms with E-state index in [1.165, 1.54) is 6.26 Å². The van der Waals surface area contributed by atoms with Gasteiger partial charge in [0, 0.05) is 25.6 Å². The molecule has 0 saturated carbocycles. The van der Waals surface area contributed by atoms with Crippen molar-refractivity contribution < 1.29 is 13.2 Å². The predicted octanol–water partition coefficient (Wildman–Crippen LogP) is 0.574. The molecule has 0 aromatic heterocycles. The zero-order valence-electron chi connectivity index (χ0n) is 10.9. The standard InChI is InChI=1S/C12H22N2O3S/c1-18(16,17)14-7-3-4-10(9-14)8-11-5-2-6-13-12(11)15/h10-11H,2-9H2,1H3,(H,13,15). The van der Waals surface area contributed by atoms with Gasteiger partial charge in [-0.25, -0.2) is 12.7 Å². The Morgan fingerprint density at radius 3 is 2.78 bits per heavy atom. The van der Waals surface area contributed by atoms with Crippen LogP contribution >= 0.6 is 0 Å². The highest BCUT2D eigenvalue weighted by atomic mass is 32.2. The van der Waals surface area contributed by atoms with E-state index in [4.69, 9.17) is 0 Å². The number of carbonyl (C=O) groups excluding carboxylic acids is 1. The van der Waals surface area contributed by atoms with E-state index >= 15 is 0 Å². The molecule has 1 N–H and O–H groups in total. The van der Waals surface area contributed by atoms with Gasteiger partial charge in [0.15, 0.2) is 0 Å². The van der Waals surface area contributed by atoms with Crippen LogP contribution in [0.5, 0.6) is 0 Å². The topological polar surface area (TPSA) is 66.5 Å². The molecule has 0 aromatic carbocycles. The number of hydrogen-bond acceptors (Lipinski definition) is 3. The summed E-state index contributed by atoms with van der Waals surface area (Å²) in [6.45, 7) is 2.00. The average molecular weight is 274 g/mol. The number of carbonyl (C=O) groups is 1. The van der Waals surface area contributed by atoms with Crippen molar-refractivity contribution in [2.24, 2.45) is 11.8 Å². The molecule has 6 heteroatoms. The molecule has 0 radical (unpaired) electrons. The van der Waals surface area contributed by atoms with Crippen molar-refractivity contribution in [3.8, 4) is 0 Å². The van der Waals surface area contributed by atoms with Gasteiger partial charge in [0.1, 0.15) is 0 Å². The molecule has 2 rings (SSSR count). The van der Waals surface area contributed by atoms with E-state index in [1.807, 2.05) is 0 Å². The monoisotopic (exact) mass is 274 g/mol. The summed E-state index contributed by atoms with van der Waals surface area (Å²) in [5.74, 6) is 0.573. The van der Waals surface area contributed by atoms with E-state index in [0.717, 1.165) is 38.6 Å². The largest absolute Gasteiger partial charge is 0.356 e. The Bertz CT molecular complexity index is 408. The van der Waals surface area contributed by atoms with E-state index in [0.29, 0.717) is 19.0 Å². The lowest BCUT2D eigenvalue weighted by Crippen LogP contribution is -2.42. The number of hydrogen-bond donors (Lipinski definition) is 1. The van der Waals surface area contributed by atoms with E-state index in [-0.39, 0.29) is 11.8 Å². The fourth-order valence-electron chi connectivity index (χ4n) is 2.98. The van der Waals surface area contributed by atoms with Crippen molar-refractivity contribution >= 4 is 15.9 Å². The van der Waals surface area contributed by atoms with Crippen LogP contribution in [0.2, 0.25) is 0 Å². The Morgan fingerprint density at radius 1 is 1.33 bits per heavy atom. The second-order valence-electron chi connectivity index (χ2n) is 5.50. The fourth-order valence-corrected chi connectivity index (χ4v) is 3.93. The molecule has 2 saturated heterocycles. The van der Waals surface area contributed by atoms with Crippen LogP contribution in [0.25, 0.3) is 0 Å². The molecule has 0 spiro atoms. The first-order valence-electron chi connectivity index (χ1n) is 6.69. The SMILES string of the molecule is CS(=O)(=O)N1CCCC(CC2CCCNC2=O)C1. The highest BCUT2D eigenvalue weighted by Gasteiger charge is 2.30. The molecule has 2 aliphatic heterocycles. The molecule has 2 atom stereocenters. The van der Waals surface area contributed by atoms with Gasteiger partial charge in [0.2, 0.25) is 15.9 Å². The third-order valence-corrected chi connectivity index (χ3v) is 5.24. The molecule has 0 aliphatic carbocycles. The van der Waals surface area contributed by atoms with Gasteiger partial charge in [-0.1, -0.05) is 0 Å². The van der Waals surface area contributed by atoms with E-state index < -0.39 is 10.0 Å². The highest BCUT2D eigenvalue weighted by Crippen LogP contribution is 2.27. The second kappa shape index (κ2) is 5.57. The lowest BCUT2D eigenvalue weighted by molar-refractivity contribution is -0.127. The first-order chi connectivity index (χ1) is 8.47. The third kappa shape index (κ3) is 3.45. The Labute approximate surface area is 109 Å². The summed E-state index contributed by atoms with van der Waals surface area (Å²) in [6, 6.07) is 0. The van der Waals surface area contributed by atoms with Gasteiger partial charge in [-0.3, -0.25) is 4.79 Å². The summed E-state index contributed by atoms with van der Waals surface area (Å²) in [7, 11) is -3.08. The van der Waals surface area contributed by atoms with Crippen molar-refractivity contribution in [1.82, 2.24) is 9.62 Å². The zero-order valence-corrected chi connectivity index (χ0v) is 11.7. The molecular weight excluding hydrogens is 252 g/mol. The van der Waals surface area contributed by atoms with Crippen LogP contribution in [-0.2, 0) is 14.8 Å². The van der Waals surface area contributed by atoms with E-state index in [2.05, 4.69) is 5.32 Å². The second-order valence-corrected chi connectivity index (χ2v) is 7.48. The van der Waals surface area contributed by atoms with Crippen LogP contribution in [0.1, 0.15) is 32.1 Å². The molecule has 18 heavy (non-hydrogen) atoms. The van der Waals surface area contributed by atoms with Crippen molar-refractivity contribution in [2.75, 3.05) is 25.9 Å². The summed E-state index contributed by atoms with van der Waals surface area (Å²) in [4.78, 5) is 11.7. The molecule has 2 aliphatic rings. The van der Waals surface area contributed by atoms with Crippen LogP contribution in [0.3, 0.4) is 0 Å². The molecule has 104 valence electrons. The van der Waals surface area contributed by atoms with Crippen LogP contribution in [0, 0.1) is 11.8 Å². The Kier molecular flexibility index (Phi) is 4.27. The zero-order chi connectivity index (χ0) is 13.2. The summed E-state index contributed by atoms with van der Waals surface area (Å²) in [5, 5.41) is 2.89. The number of nitrogens with zero attached hydrogens (tertiary/aromatic N) is 1. The maximum absolute atomic E-state index is 11.7. The van der Waals surface area contributed by atoms with Gasteiger partial charge in [-0.15, -0.1) is 0 Å². The van der Waals surface area contributed by atoms with Crippen molar-refractivity contribution in [3.05, 3.63) is 0 Å². The predicted molar refractivity (Wildman–Crippen MR) is 69.5 cm³/mol. The van der Waals surface area contributed by atoms with Gasteiger partial charge >= 0.3 is 0 Å². The van der Waals surface area contributed by atoms with Gasteiger partial charge in [0.05, 0.1) is 6.26 Å². The Hall–Kier alpha value is -0.620. The van der Waals surface area contributed by atoms with Gasteiger partial charge < -0.3 is 5.32 Å².